The molecule has 0 saturated carbocycles. The second-order valence-electron chi connectivity index (χ2n) is 4.93. The summed E-state index contributed by atoms with van der Waals surface area (Å²) < 4.78 is 0. The number of rotatable bonds is 9. The van der Waals surface area contributed by atoms with E-state index in [0.29, 0.717) is 5.01 Å². The molecule has 0 fully saturated rings. The highest BCUT2D eigenvalue weighted by molar-refractivity contribution is 7.17. The third-order valence-corrected chi connectivity index (χ3v) is 3.60. The molecular formula is C13H25N5OS. The monoisotopic (exact) mass is 299 g/mol. The van der Waals surface area contributed by atoms with E-state index >= 15 is 0 Å². The summed E-state index contributed by atoms with van der Waals surface area (Å²) in [7, 11) is 4.01. The third kappa shape index (κ3) is 5.42. The Balaban J connectivity index is 2.65. The first-order chi connectivity index (χ1) is 9.58. The molecule has 1 amide bonds. The number of carbonyl (C=O) groups excluding carboxylic acids is 1. The van der Waals surface area contributed by atoms with Crippen LogP contribution in [0, 0.1) is 0 Å². The first-order valence-corrected chi connectivity index (χ1v) is 7.91. The Morgan fingerprint density at radius 2 is 1.90 bits per heavy atom. The summed E-state index contributed by atoms with van der Waals surface area (Å²) in [4.78, 5) is 16.3. The van der Waals surface area contributed by atoms with Crippen molar-refractivity contribution < 1.29 is 4.79 Å². The summed E-state index contributed by atoms with van der Waals surface area (Å²) in [5.41, 5.74) is 0. The van der Waals surface area contributed by atoms with Crippen LogP contribution in [-0.4, -0.2) is 66.2 Å². The third-order valence-electron chi connectivity index (χ3n) is 2.73. The highest BCUT2D eigenvalue weighted by Gasteiger charge is 2.19. The minimum absolute atomic E-state index is 0.0178. The number of hydrogen-bond acceptors (Lipinski definition) is 6. The molecule has 1 aromatic heterocycles. The molecule has 20 heavy (non-hydrogen) atoms. The highest BCUT2D eigenvalue weighted by Crippen LogP contribution is 2.17. The molecule has 1 heterocycles. The Hall–Kier alpha value is -1.21. The average Bonchev–Trinajstić information content (AvgIpc) is 2.89. The van der Waals surface area contributed by atoms with Crippen molar-refractivity contribution in [2.75, 3.05) is 45.6 Å². The van der Waals surface area contributed by atoms with Crippen LogP contribution in [0.2, 0.25) is 0 Å². The topological polar surface area (TPSA) is 61.4 Å². The van der Waals surface area contributed by atoms with Crippen molar-refractivity contribution in [1.29, 1.82) is 0 Å². The average molecular weight is 299 g/mol. The van der Waals surface area contributed by atoms with E-state index in [1.807, 2.05) is 19.0 Å². The number of nitrogens with one attached hydrogen (secondary N) is 1. The Labute approximate surface area is 125 Å². The zero-order chi connectivity index (χ0) is 15.0. The van der Waals surface area contributed by atoms with Gasteiger partial charge in [-0.25, -0.2) is 0 Å². The van der Waals surface area contributed by atoms with Crippen molar-refractivity contribution in [3.05, 3.63) is 5.01 Å². The SMILES string of the molecule is CCCNc1nnc(C(=O)N(CCC)CCN(C)C)s1. The summed E-state index contributed by atoms with van der Waals surface area (Å²) >= 11 is 1.33. The van der Waals surface area contributed by atoms with E-state index in [1.54, 1.807) is 0 Å². The molecule has 0 aliphatic heterocycles. The van der Waals surface area contributed by atoms with Gasteiger partial charge < -0.3 is 15.1 Å². The van der Waals surface area contributed by atoms with Crippen LogP contribution in [0.15, 0.2) is 0 Å². The van der Waals surface area contributed by atoms with Crippen molar-refractivity contribution in [2.45, 2.75) is 26.7 Å². The number of aromatic nitrogens is 2. The smallest absolute Gasteiger partial charge is 0.284 e. The van der Waals surface area contributed by atoms with Crippen molar-refractivity contribution in [2.24, 2.45) is 0 Å². The minimum atomic E-state index is -0.0178. The van der Waals surface area contributed by atoms with Crippen LogP contribution < -0.4 is 5.32 Å². The summed E-state index contributed by atoms with van der Waals surface area (Å²) in [6, 6.07) is 0. The van der Waals surface area contributed by atoms with Gasteiger partial charge >= 0.3 is 0 Å². The van der Waals surface area contributed by atoms with Crippen molar-refractivity contribution in [1.82, 2.24) is 20.0 Å². The molecule has 0 aliphatic rings. The maximum atomic E-state index is 12.4. The molecule has 1 aromatic rings. The number of hydrogen-bond donors (Lipinski definition) is 1. The summed E-state index contributed by atoms with van der Waals surface area (Å²) in [6.07, 6.45) is 1.96. The molecule has 1 N–H and O–H groups in total. The first-order valence-electron chi connectivity index (χ1n) is 7.09. The second kappa shape index (κ2) is 8.86. The number of anilines is 1. The van der Waals surface area contributed by atoms with Gasteiger partial charge in [0.05, 0.1) is 0 Å². The number of carbonyl (C=O) groups is 1. The largest absolute Gasteiger partial charge is 0.360 e. The Bertz CT molecular complexity index is 407. The van der Waals surface area contributed by atoms with Crippen molar-refractivity contribution >= 4 is 22.4 Å². The molecule has 114 valence electrons. The lowest BCUT2D eigenvalue weighted by Gasteiger charge is -2.22. The summed E-state index contributed by atoms with van der Waals surface area (Å²) in [5, 5.41) is 12.4. The maximum absolute atomic E-state index is 12.4. The molecule has 6 nitrogen and oxygen atoms in total. The predicted molar refractivity (Wildman–Crippen MR) is 83.4 cm³/mol. The standard InChI is InChI=1S/C13H25N5OS/c1-5-7-14-13-16-15-11(20-13)12(19)18(8-6-2)10-9-17(3)4/h5-10H2,1-4H3,(H,14,16). The molecule has 0 atom stereocenters. The number of amides is 1. The Kier molecular flexibility index (Phi) is 7.46. The Morgan fingerprint density at radius 1 is 1.15 bits per heavy atom. The predicted octanol–water partition coefficient (Wildman–Crippen LogP) is 1.77. The van der Waals surface area contributed by atoms with Gasteiger partial charge in [0.2, 0.25) is 10.1 Å². The van der Waals surface area contributed by atoms with E-state index in [2.05, 4.69) is 34.3 Å². The van der Waals surface area contributed by atoms with Gasteiger partial charge in [-0.15, -0.1) is 10.2 Å². The lowest BCUT2D eigenvalue weighted by Crippen LogP contribution is -2.37. The molecule has 0 aromatic carbocycles. The quantitative estimate of drug-likeness (QED) is 0.753. The second-order valence-corrected chi connectivity index (χ2v) is 5.91. The molecule has 0 radical (unpaired) electrons. The van der Waals surface area contributed by atoms with E-state index in [-0.39, 0.29) is 5.91 Å². The molecule has 0 unspecified atom stereocenters. The van der Waals surface area contributed by atoms with E-state index in [0.717, 1.165) is 44.2 Å². The van der Waals surface area contributed by atoms with Gasteiger partial charge in [-0.1, -0.05) is 25.2 Å². The van der Waals surface area contributed by atoms with Crippen LogP contribution in [0.3, 0.4) is 0 Å². The van der Waals surface area contributed by atoms with Crippen LogP contribution in [-0.2, 0) is 0 Å². The van der Waals surface area contributed by atoms with Crippen LogP contribution in [0.1, 0.15) is 36.5 Å². The van der Waals surface area contributed by atoms with Crippen molar-refractivity contribution in [3.8, 4) is 0 Å². The fourth-order valence-corrected chi connectivity index (χ4v) is 2.39. The number of nitrogens with zero attached hydrogens (tertiary/aromatic N) is 4. The van der Waals surface area contributed by atoms with Crippen LogP contribution in [0.5, 0.6) is 0 Å². The van der Waals surface area contributed by atoms with Gasteiger partial charge in [-0.3, -0.25) is 4.79 Å². The first kappa shape index (κ1) is 16.8. The summed E-state index contributed by atoms with van der Waals surface area (Å²) in [5.74, 6) is -0.0178. The molecular weight excluding hydrogens is 274 g/mol. The van der Waals surface area contributed by atoms with E-state index in [1.165, 1.54) is 11.3 Å². The summed E-state index contributed by atoms with van der Waals surface area (Å²) in [6.45, 7) is 7.34. The molecule has 0 spiro atoms. The lowest BCUT2D eigenvalue weighted by atomic mass is 10.3. The van der Waals surface area contributed by atoms with Gasteiger partial charge in [0.15, 0.2) is 0 Å². The fourth-order valence-electron chi connectivity index (χ4n) is 1.65. The van der Waals surface area contributed by atoms with Gasteiger partial charge in [0.1, 0.15) is 0 Å². The van der Waals surface area contributed by atoms with E-state index in [9.17, 15) is 4.79 Å². The maximum Gasteiger partial charge on any atom is 0.284 e. The zero-order valence-corrected chi connectivity index (χ0v) is 13.7. The molecule has 7 heteroatoms. The van der Waals surface area contributed by atoms with Crippen LogP contribution >= 0.6 is 11.3 Å². The zero-order valence-electron chi connectivity index (χ0n) is 12.8. The van der Waals surface area contributed by atoms with Crippen LogP contribution in [0.4, 0.5) is 5.13 Å². The molecule has 0 bridgehead atoms. The van der Waals surface area contributed by atoms with E-state index < -0.39 is 0 Å². The van der Waals surface area contributed by atoms with Gasteiger partial charge in [-0.05, 0) is 26.9 Å². The van der Waals surface area contributed by atoms with Crippen LogP contribution in [0.25, 0.3) is 0 Å². The van der Waals surface area contributed by atoms with Gasteiger partial charge in [0, 0.05) is 26.2 Å². The lowest BCUT2D eigenvalue weighted by molar-refractivity contribution is 0.0743. The Morgan fingerprint density at radius 3 is 2.50 bits per heavy atom. The molecule has 1 rings (SSSR count). The fraction of sp³-hybridized carbons (Fsp3) is 0.769. The molecule has 0 saturated heterocycles. The molecule has 0 aliphatic carbocycles. The normalized spacial score (nSPS) is 10.8. The van der Waals surface area contributed by atoms with Gasteiger partial charge in [0.25, 0.3) is 5.91 Å². The highest BCUT2D eigenvalue weighted by atomic mass is 32.1. The number of likely N-dealkylation sites (N-methyl/N-ethyl adjacent to an activating group) is 1. The minimum Gasteiger partial charge on any atom is -0.360 e. The van der Waals surface area contributed by atoms with E-state index in [4.69, 9.17) is 0 Å². The van der Waals surface area contributed by atoms with Gasteiger partial charge in [-0.2, -0.15) is 0 Å². The van der Waals surface area contributed by atoms with Crippen molar-refractivity contribution in [3.63, 3.8) is 0 Å².